The third-order valence-electron chi connectivity index (χ3n) is 4.85. The summed E-state index contributed by atoms with van der Waals surface area (Å²) in [6.07, 6.45) is 1.74. The number of anilines is 2. The monoisotopic (exact) mass is 349 g/mol. The molecule has 1 N–H and O–H groups in total. The molecular weight excluding hydrogens is 326 g/mol. The van der Waals surface area contributed by atoms with E-state index in [1.807, 2.05) is 44.2 Å². The van der Waals surface area contributed by atoms with Gasteiger partial charge in [0.1, 0.15) is 11.8 Å². The lowest BCUT2D eigenvalue weighted by atomic mass is 10.1. The van der Waals surface area contributed by atoms with Gasteiger partial charge in [0.25, 0.3) is 0 Å². The van der Waals surface area contributed by atoms with Crippen LogP contribution in [-0.2, 0) is 4.79 Å². The molecule has 0 bridgehead atoms. The maximum Gasteiger partial charge on any atom is 0.238 e. The summed E-state index contributed by atoms with van der Waals surface area (Å²) in [6, 6.07) is 11.6. The number of nitrogens with one attached hydrogen (secondary N) is 1. The van der Waals surface area contributed by atoms with E-state index in [2.05, 4.69) is 20.1 Å². The Hall–Kier alpha value is -2.91. The number of piperazine rings is 1. The van der Waals surface area contributed by atoms with Crippen LogP contribution in [0.1, 0.15) is 16.8 Å². The maximum absolute atomic E-state index is 12.4. The van der Waals surface area contributed by atoms with E-state index in [4.69, 9.17) is 5.26 Å². The van der Waals surface area contributed by atoms with Crippen LogP contribution in [-0.4, -0.2) is 48.5 Å². The van der Waals surface area contributed by atoms with Crippen molar-refractivity contribution in [3.63, 3.8) is 0 Å². The molecule has 26 heavy (non-hydrogen) atoms. The second kappa shape index (κ2) is 7.98. The van der Waals surface area contributed by atoms with E-state index in [9.17, 15) is 4.79 Å². The molecule has 1 amide bonds. The van der Waals surface area contributed by atoms with Crippen molar-refractivity contribution in [3.8, 4) is 6.07 Å². The minimum Gasteiger partial charge on any atom is -0.368 e. The number of nitriles is 1. The summed E-state index contributed by atoms with van der Waals surface area (Å²) in [4.78, 5) is 20.9. The molecule has 0 radical (unpaired) electrons. The Labute approximate surface area is 154 Å². The number of nitrogens with zero attached hydrogens (tertiary/aromatic N) is 4. The van der Waals surface area contributed by atoms with Crippen molar-refractivity contribution >= 4 is 17.3 Å². The Balaban J connectivity index is 1.51. The largest absolute Gasteiger partial charge is 0.368 e. The fraction of sp³-hybridized carbons (Fsp3) is 0.350. The second-order valence-corrected chi connectivity index (χ2v) is 6.57. The smallest absolute Gasteiger partial charge is 0.238 e. The van der Waals surface area contributed by atoms with E-state index in [1.54, 1.807) is 12.3 Å². The lowest BCUT2D eigenvalue weighted by molar-refractivity contribution is -0.117. The molecule has 1 saturated heterocycles. The Morgan fingerprint density at radius 3 is 2.62 bits per heavy atom. The van der Waals surface area contributed by atoms with Gasteiger partial charge in [-0.05, 0) is 43.2 Å². The Morgan fingerprint density at radius 2 is 1.96 bits per heavy atom. The quantitative estimate of drug-likeness (QED) is 0.917. The van der Waals surface area contributed by atoms with E-state index in [0.29, 0.717) is 12.2 Å². The lowest BCUT2D eigenvalue weighted by Crippen LogP contribution is -2.48. The summed E-state index contributed by atoms with van der Waals surface area (Å²) in [5, 5.41) is 11.8. The van der Waals surface area contributed by atoms with Gasteiger partial charge in [-0.2, -0.15) is 5.26 Å². The number of hydrogen-bond acceptors (Lipinski definition) is 5. The third kappa shape index (κ3) is 4.19. The number of rotatable bonds is 4. The van der Waals surface area contributed by atoms with Crippen molar-refractivity contribution in [3.05, 3.63) is 53.3 Å². The normalized spacial score (nSPS) is 14.7. The Bertz CT molecular complexity index is 817. The van der Waals surface area contributed by atoms with Gasteiger partial charge in [-0.15, -0.1) is 0 Å². The SMILES string of the molecule is Cc1cccc(NC(=O)CN2CCN(c3ccc(C#N)nc3)CC2)c1C. The van der Waals surface area contributed by atoms with Crippen molar-refractivity contribution in [1.29, 1.82) is 5.26 Å². The molecule has 6 heteroatoms. The van der Waals surface area contributed by atoms with Gasteiger partial charge in [-0.25, -0.2) is 4.98 Å². The molecule has 1 aliphatic heterocycles. The molecule has 3 rings (SSSR count). The molecule has 134 valence electrons. The van der Waals surface area contributed by atoms with Gasteiger partial charge in [0, 0.05) is 31.9 Å². The highest BCUT2D eigenvalue weighted by molar-refractivity contribution is 5.93. The molecule has 0 atom stereocenters. The predicted octanol–water partition coefficient (Wildman–Crippen LogP) is 2.33. The van der Waals surface area contributed by atoms with E-state index < -0.39 is 0 Å². The van der Waals surface area contributed by atoms with Crippen LogP contribution in [0.15, 0.2) is 36.5 Å². The molecule has 0 saturated carbocycles. The summed E-state index contributed by atoms with van der Waals surface area (Å²) in [6.45, 7) is 7.78. The standard InChI is InChI=1S/C20H23N5O/c1-15-4-3-5-19(16(15)2)23-20(26)14-24-8-10-25(11-9-24)18-7-6-17(12-21)22-13-18/h3-7,13H,8-11,14H2,1-2H3,(H,23,26). The fourth-order valence-corrected chi connectivity index (χ4v) is 3.08. The molecular formula is C20H23N5O. The second-order valence-electron chi connectivity index (χ2n) is 6.57. The van der Waals surface area contributed by atoms with Crippen LogP contribution in [0.2, 0.25) is 0 Å². The van der Waals surface area contributed by atoms with Crippen molar-refractivity contribution in [2.24, 2.45) is 0 Å². The van der Waals surface area contributed by atoms with Crippen molar-refractivity contribution in [2.75, 3.05) is 42.9 Å². The number of aromatic nitrogens is 1. The number of pyridine rings is 1. The summed E-state index contributed by atoms with van der Waals surface area (Å²) >= 11 is 0. The first kappa shape index (κ1) is 17.9. The van der Waals surface area contributed by atoms with Crippen LogP contribution < -0.4 is 10.2 Å². The van der Waals surface area contributed by atoms with Crippen LogP contribution in [0.5, 0.6) is 0 Å². The van der Waals surface area contributed by atoms with Crippen LogP contribution in [0.4, 0.5) is 11.4 Å². The highest BCUT2D eigenvalue weighted by atomic mass is 16.2. The van der Waals surface area contributed by atoms with Crippen molar-refractivity contribution < 1.29 is 4.79 Å². The van der Waals surface area contributed by atoms with Gasteiger partial charge < -0.3 is 10.2 Å². The van der Waals surface area contributed by atoms with Crippen molar-refractivity contribution in [1.82, 2.24) is 9.88 Å². The minimum absolute atomic E-state index is 0.0205. The topological polar surface area (TPSA) is 72.3 Å². The van der Waals surface area contributed by atoms with Crippen LogP contribution >= 0.6 is 0 Å². The van der Waals surface area contributed by atoms with Gasteiger partial charge in [-0.1, -0.05) is 12.1 Å². The molecule has 2 aromatic rings. The first-order chi connectivity index (χ1) is 12.6. The summed E-state index contributed by atoms with van der Waals surface area (Å²) in [5.74, 6) is 0.0205. The zero-order chi connectivity index (χ0) is 18.5. The molecule has 0 unspecified atom stereocenters. The first-order valence-electron chi connectivity index (χ1n) is 8.76. The summed E-state index contributed by atoms with van der Waals surface area (Å²) in [7, 11) is 0. The zero-order valence-corrected chi connectivity index (χ0v) is 15.2. The van der Waals surface area contributed by atoms with Crippen LogP contribution in [0.25, 0.3) is 0 Å². The molecule has 6 nitrogen and oxygen atoms in total. The maximum atomic E-state index is 12.4. The van der Waals surface area contributed by atoms with E-state index in [1.165, 1.54) is 5.56 Å². The highest BCUT2D eigenvalue weighted by Gasteiger charge is 2.19. The number of amides is 1. The van der Waals surface area contributed by atoms with Gasteiger partial charge in [0.15, 0.2) is 0 Å². The predicted molar refractivity (Wildman–Crippen MR) is 102 cm³/mol. The number of hydrogen-bond donors (Lipinski definition) is 1. The van der Waals surface area contributed by atoms with Gasteiger partial charge >= 0.3 is 0 Å². The van der Waals surface area contributed by atoms with E-state index >= 15 is 0 Å². The summed E-state index contributed by atoms with van der Waals surface area (Å²) in [5.41, 5.74) is 4.61. The number of aryl methyl sites for hydroxylation is 1. The Kier molecular flexibility index (Phi) is 5.49. The van der Waals surface area contributed by atoms with E-state index in [0.717, 1.165) is 43.1 Å². The third-order valence-corrected chi connectivity index (χ3v) is 4.85. The average molecular weight is 349 g/mol. The van der Waals surface area contributed by atoms with Gasteiger partial charge in [-0.3, -0.25) is 9.69 Å². The number of carbonyl (C=O) groups excluding carboxylic acids is 1. The minimum atomic E-state index is 0.0205. The molecule has 1 fully saturated rings. The molecule has 0 aliphatic carbocycles. The highest BCUT2D eigenvalue weighted by Crippen LogP contribution is 2.18. The van der Waals surface area contributed by atoms with Gasteiger partial charge in [0.05, 0.1) is 18.4 Å². The Morgan fingerprint density at radius 1 is 1.19 bits per heavy atom. The average Bonchev–Trinajstić information content (AvgIpc) is 2.66. The zero-order valence-electron chi connectivity index (χ0n) is 15.2. The number of benzene rings is 1. The first-order valence-corrected chi connectivity index (χ1v) is 8.76. The summed E-state index contributed by atoms with van der Waals surface area (Å²) < 4.78 is 0. The molecule has 2 heterocycles. The van der Waals surface area contributed by atoms with Gasteiger partial charge in [0.2, 0.25) is 5.91 Å². The molecule has 0 spiro atoms. The van der Waals surface area contributed by atoms with Crippen LogP contribution in [0, 0.1) is 25.2 Å². The molecule has 1 aromatic carbocycles. The molecule has 1 aromatic heterocycles. The number of carbonyl (C=O) groups is 1. The van der Waals surface area contributed by atoms with Crippen LogP contribution in [0.3, 0.4) is 0 Å². The fourth-order valence-electron chi connectivity index (χ4n) is 3.08. The van der Waals surface area contributed by atoms with E-state index in [-0.39, 0.29) is 5.91 Å². The molecule has 1 aliphatic rings. The lowest BCUT2D eigenvalue weighted by Gasteiger charge is -2.35. The van der Waals surface area contributed by atoms with Crippen molar-refractivity contribution in [2.45, 2.75) is 13.8 Å².